The van der Waals surface area contributed by atoms with Crippen LogP contribution >= 0.6 is 0 Å². The highest BCUT2D eigenvalue weighted by molar-refractivity contribution is 5.96. The van der Waals surface area contributed by atoms with E-state index in [0.717, 1.165) is 12.1 Å². The van der Waals surface area contributed by atoms with Crippen LogP contribution in [0.1, 0.15) is 11.3 Å². The zero-order valence-corrected chi connectivity index (χ0v) is 14.6. The molecule has 0 N–H and O–H groups in total. The Morgan fingerprint density at radius 1 is 1.07 bits per heavy atom. The van der Waals surface area contributed by atoms with E-state index in [9.17, 15) is 17.6 Å². The SMILES string of the molecule is Cn1cnc2c1N=C(Oc1cccc(C(F)(F)F)c1)N(c1ccc(F)cc1)C2. The molecule has 0 fully saturated rings. The molecule has 2 aromatic carbocycles. The third-order valence-electron chi connectivity index (χ3n) is 4.23. The van der Waals surface area contributed by atoms with E-state index in [1.54, 1.807) is 22.8 Å². The maximum absolute atomic E-state index is 13.3. The fourth-order valence-electron chi connectivity index (χ4n) is 2.84. The van der Waals surface area contributed by atoms with Gasteiger partial charge in [0.2, 0.25) is 0 Å². The van der Waals surface area contributed by atoms with Crippen molar-refractivity contribution in [3.05, 3.63) is 71.9 Å². The van der Waals surface area contributed by atoms with Crippen LogP contribution in [0.3, 0.4) is 0 Å². The van der Waals surface area contributed by atoms with Gasteiger partial charge in [-0.3, -0.25) is 4.90 Å². The molecule has 28 heavy (non-hydrogen) atoms. The van der Waals surface area contributed by atoms with E-state index in [4.69, 9.17) is 4.74 Å². The van der Waals surface area contributed by atoms with Crippen molar-refractivity contribution in [3.63, 3.8) is 0 Å². The summed E-state index contributed by atoms with van der Waals surface area (Å²) in [5, 5.41) is 0. The fraction of sp³-hybridized carbons (Fsp3) is 0.158. The number of alkyl halides is 3. The minimum atomic E-state index is -4.49. The summed E-state index contributed by atoms with van der Waals surface area (Å²) in [6.45, 7) is 0.277. The van der Waals surface area contributed by atoms with E-state index in [1.807, 2.05) is 0 Å². The first kappa shape index (κ1) is 18.0. The number of nitrogens with zero attached hydrogens (tertiary/aromatic N) is 4. The van der Waals surface area contributed by atoms with E-state index in [1.165, 1.54) is 36.4 Å². The van der Waals surface area contributed by atoms with E-state index < -0.39 is 17.6 Å². The second kappa shape index (κ2) is 6.66. The molecule has 0 radical (unpaired) electrons. The maximum atomic E-state index is 13.3. The van der Waals surface area contributed by atoms with Crippen molar-refractivity contribution >= 4 is 17.5 Å². The Labute approximate surface area is 157 Å². The minimum Gasteiger partial charge on any atom is -0.425 e. The normalized spacial score (nSPS) is 13.9. The number of aryl methyl sites for hydroxylation is 1. The molecule has 5 nitrogen and oxygen atoms in total. The molecule has 0 aliphatic carbocycles. The number of imidazole rings is 1. The van der Waals surface area contributed by atoms with Crippen molar-refractivity contribution in [2.75, 3.05) is 4.90 Å². The molecule has 3 aromatic rings. The van der Waals surface area contributed by atoms with Gasteiger partial charge >= 0.3 is 12.2 Å². The summed E-state index contributed by atoms with van der Waals surface area (Å²) in [5.74, 6) is 0.128. The van der Waals surface area contributed by atoms with Gasteiger partial charge in [0.15, 0.2) is 5.82 Å². The molecule has 0 saturated heterocycles. The minimum absolute atomic E-state index is 0.00805. The topological polar surface area (TPSA) is 42.6 Å². The van der Waals surface area contributed by atoms with Crippen LogP contribution < -0.4 is 9.64 Å². The number of rotatable bonds is 2. The molecule has 0 amide bonds. The molecule has 1 aliphatic rings. The van der Waals surface area contributed by atoms with Crippen molar-refractivity contribution in [2.24, 2.45) is 12.0 Å². The molecule has 0 bridgehead atoms. The average molecular weight is 390 g/mol. The molecule has 0 saturated carbocycles. The molecule has 4 rings (SSSR count). The number of fused-ring (bicyclic) bond motifs is 1. The van der Waals surface area contributed by atoms with Crippen LogP contribution in [0.15, 0.2) is 59.9 Å². The first-order chi connectivity index (χ1) is 13.3. The Bertz CT molecular complexity index is 1040. The molecule has 0 spiro atoms. The first-order valence-electron chi connectivity index (χ1n) is 8.28. The lowest BCUT2D eigenvalue weighted by Crippen LogP contribution is -2.37. The summed E-state index contributed by atoms with van der Waals surface area (Å²) in [4.78, 5) is 10.3. The smallest absolute Gasteiger partial charge is 0.416 e. The van der Waals surface area contributed by atoms with Gasteiger partial charge in [0.1, 0.15) is 17.3 Å². The van der Waals surface area contributed by atoms with Gasteiger partial charge in [-0.25, -0.2) is 9.37 Å². The second-order valence-corrected chi connectivity index (χ2v) is 6.21. The Hall–Kier alpha value is -3.36. The van der Waals surface area contributed by atoms with Crippen LogP contribution in [-0.4, -0.2) is 15.6 Å². The van der Waals surface area contributed by atoms with Crippen molar-refractivity contribution in [2.45, 2.75) is 12.7 Å². The van der Waals surface area contributed by atoms with E-state index in [-0.39, 0.29) is 18.3 Å². The number of amidine groups is 1. The highest BCUT2D eigenvalue weighted by Gasteiger charge is 2.31. The third-order valence-corrected chi connectivity index (χ3v) is 4.23. The number of aromatic nitrogens is 2. The largest absolute Gasteiger partial charge is 0.425 e. The van der Waals surface area contributed by atoms with Crippen LogP contribution in [0.2, 0.25) is 0 Å². The van der Waals surface area contributed by atoms with Gasteiger partial charge in [0.25, 0.3) is 0 Å². The quantitative estimate of drug-likeness (QED) is 0.598. The van der Waals surface area contributed by atoms with Gasteiger partial charge in [-0.15, -0.1) is 0 Å². The lowest BCUT2D eigenvalue weighted by Gasteiger charge is -2.28. The number of benzene rings is 2. The molecule has 9 heteroatoms. The van der Waals surface area contributed by atoms with Crippen molar-refractivity contribution in [1.82, 2.24) is 9.55 Å². The number of hydrogen-bond donors (Lipinski definition) is 0. The Balaban J connectivity index is 1.73. The molecule has 1 aromatic heterocycles. The van der Waals surface area contributed by atoms with Crippen molar-refractivity contribution in [1.29, 1.82) is 0 Å². The average Bonchev–Trinajstić information content (AvgIpc) is 3.02. The number of aliphatic imine (C=N–C) groups is 1. The number of hydrogen-bond acceptors (Lipinski definition) is 4. The highest BCUT2D eigenvalue weighted by Crippen LogP contribution is 2.33. The van der Waals surface area contributed by atoms with Gasteiger partial charge in [-0.2, -0.15) is 18.2 Å². The van der Waals surface area contributed by atoms with Gasteiger partial charge in [-0.1, -0.05) is 6.07 Å². The highest BCUT2D eigenvalue weighted by atomic mass is 19.4. The van der Waals surface area contributed by atoms with Crippen LogP contribution in [0.25, 0.3) is 0 Å². The summed E-state index contributed by atoms with van der Waals surface area (Å²) < 4.78 is 59.7. The van der Waals surface area contributed by atoms with Crippen LogP contribution in [-0.2, 0) is 19.8 Å². The number of halogens is 4. The van der Waals surface area contributed by atoms with Crippen LogP contribution in [0.4, 0.5) is 29.1 Å². The van der Waals surface area contributed by atoms with Gasteiger partial charge in [-0.05, 0) is 42.5 Å². The van der Waals surface area contributed by atoms with Gasteiger partial charge in [0, 0.05) is 12.7 Å². The summed E-state index contributed by atoms with van der Waals surface area (Å²) in [6, 6.07) is 10.3. The standard InChI is InChI=1S/C19H14F4N4O/c1-26-11-24-16-10-27(14-7-5-13(20)6-8-14)18(25-17(16)26)28-15-4-2-3-12(9-15)19(21,22)23/h2-9,11H,10H2,1H3. The van der Waals surface area contributed by atoms with Crippen molar-refractivity contribution in [3.8, 4) is 5.75 Å². The fourth-order valence-corrected chi connectivity index (χ4v) is 2.84. The zero-order chi connectivity index (χ0) is 19.9. The first-order valence-corrected chi connectivity index (χ1v) is 8.28. The zero-order valence-electron chi connectivity index (χ0n) is 14.6. The lowest BCUT2D eigenvalue weighted by molar-refractivity contribution is -0.137. The van der Waals surface area contributed by atoms with E-state index in [2.05, 4.69) is 9.98 Å². The van der Waals surface area contributed by atoms with Gasteiger partial charge in [0.05, 0.1) is 18.4 Å². The Morgan fingerprint density at radius 2 is 1.82 bits per heavy atom. The molecular formula is C19H14F4N4O. The maximum Gasteiger partial charge on any atom is 0.416 e. The summed E-state index contributed by atoms with van der Waals surface area (Å²) in [5.41, 5.74) is 0.419. The molecule has 0 atom stereocenters. The van der Waals surface area contributed by atoms with E-state index in [0.29, 0.717) is 17.2 Å². The summed E-state index contributed by atoms with van der Waals surface area (Å²) in [6.07, 6.45) is -2.90. The molecule has 2 heterocycles. The molecule has 1 aliphatic heterocycles. The predicted octanol–water partition coefficient (Wildman–Crippen LogP) is 4.66. The second-order valence-electron chi connectivity index (χ2n) is 6.21. The predicted molar refractivity (Wildman–Crippen MR) is 95.0 cm³/mol. The monoisotopic (exact) mass is 390 g/mol. The lowest BCUT2D eigenvalue weighted by atomic mass is 10.2. The summed E-state index contributed by atoms with van der Waals surface area (Å²) >= 11 is 0. The molecule has 0 unspecified atom stereocenters. The number of ether oxygens (including phenoxy) is 1. The Morgan fingerprint density at radius 3 is 2.54 bits per heavy atom. The van der Waals surface area contributed by atoms with E-state index >= 15 is 0 Å². The van der Waals surface area contributed by atoms with Crippen LogP contribution in [0, 0.1) is 5.82 Å². The molecule has 144 valence electrons. The Kier molecular flexibility index (Phi) is 4.29. The van der Waals surface area contributed by atoms with Crippen LogP contribution in [0.5, 0.6) is 5.75 Å². The third kappa shape index (κ3) is 3.42. The number of anilines is 1. The summed E-state index contributed by atoms with van der Waals surface area (Å²) in [7, 11) is 1.75. The van der Waals surface area contributed by atoms with Gasteiger partial charge < -0.3 is 9.30 Å². The van der Waals surface area contributed by atoms with Crippen molar-refractivity contribution < 1.29 is 22.3 Å². The molecular weight excluding hydrogens is 376 g/mol.